The number of para-hydroxylation sites is 1. The predicted octanol–water partition coefficient (Wildman–Crippen LogP) is 0.632. The Morgan fingerprint density at radius 2 is 2.20 bits per heavy atom. The number of H-pyrrole nitrogens is 1. The summed E-state index contributed by atoms with van der Waals surface area (Å²) in [6.45, 7) is 4.51. The molecule has 0 aliphatic heterocycles. The van der Waals surface area contributed by atoms with Crippen LogP contribution in [0.4, 0.5) is 5.69 Å². The topological polar surface area (TPSA) is 73.9 Å². The first kappa shape index (κ1) is 14.6. The Labute approximate surface area is 117 Å². The maximum absolute atomic E-state index is 11.3. The molecule has 0 amide bonds. The maximum atomic E-state index is 11.3. The second-order valence-electron chi connectivity index (χ2n) is 4.99. The van der Waals surface area contributed by atoms with Crippen molar-refractivity contribution in [2.24, 2.45) is 0 Å². The molecule has 2 aromatic rings. The number of aromatic nitrogens is 1. The summed E-state index contributed by atoms with van der Waals surface area (Å²) in [5.74, 6) is -0.427. The van der Waals surface area contributed by atoms with Gasteiger partial charge in [-0.1, -0.05) is 13.0 Å². The van der Waals surface area contributed by atoms with Crippen LogP contribution in [0.2, 0.25) is 0 Å². The van der Waals surface area contributed by atoms with Gasteiger partial charge in [-0.05, 0) is 18.6 Å². The molecule has 1 atom stereocenters. The van der Waals surface area contributed by atoms with E-state index in [0.717, 1.165) is 37.1 Å². The summed E-state index contributed by atoms with van der Waals surface area (Å²) in [6.07, 6.45) is 1.88. The van der Waals surface area contributed by atoms with E-state index in [1.54, 1.807) is 7.05 Å². The fourth-order valence-electron chi connectivity index (χ4n) is 2.36. The number of fused-ring (bicyclic) bond motifs is 1. The molecule has 0 spiro atoms. The number of anilines is 1. The average molecular weight is 280 g/mol. The van der Waals surface area contributed by atoms with Gasteiger partial charge in [0.15, 0.2) is 5.58 Å². The van der Waals surface area contributed by atoms with E-state index >= 15 is 0 Å². The lowest BCUT2D eigenvalue weighted by Crippen LogP contribution is -3.06. The molecule has 1 heterocycles. The summed E-state index contributed by atoms with van der Waals surface area (Å²) in [6, 6.07) is 5.71. The standard InChI is InChI=1S/C14H21N3O3/c1-3-8-17(10-5-9-16(2)19)12-7-4-6-11-13(12)20-14(18)15-11/h4,6-7,19H,3,5,8-10H2,1-2H3,(H,15,18)/p+1. The van der Waals surface area contributed by atoms with E-state index in [-0.39, 0.29) is 0 Å². The van der Waals surface area contributed by atoms with Crippen molar-refractivity contribution in [2.75, 3.05) is 31.6 Å². The number of hydrogen-bond acceptors (Lipinski definition) is 4. The molecule has 2 rings (SSSR count). The third-order valence-electron chi connectivity index (χ3n) is 3.23. The highest BCUT2D eigenvalue weighted by atomic mass is 16.5. The number of aromatic amines is 1. The summed E-state index contributed by atoms with van der Waals surface area (Å²) in [7, 11) is 1.72. The van der Waals surface area contributed by atoms with E-state index in [0.29, 0.717) is 17.2 Å². The molecule has 0 bridgehead atoms. The minimum atomic E-state index is -0.427. The molecule has 0 aliphatic rings. The van der Waals surface area contributed by atoms with Gasteiger partial charge in [-0.25, -0.2) is 10.0 Å². The predicted molar refractivity (Wildman–Crippen MR) is 77.5 cm³/mol. The Morgan fingerprint density at radius 3 is 2.90 bits per heavy atom. The van der Waals surface area contributed by atoms with Gasteiger partial charge in [0.2, 0.25) is 0 Å². The Kier molecular flexibility index (Phi) is 4.81. The zero-order valence-electron chi connectivity index (χ0n) is 12.0. The molecular formula is C14H22N3O3+. The van der Waals surface area contributed by atoms with Crippen molar-refractivity contribution in [2.45, 2.75) is 19.8 Å². The van der Waals surface area contributed by atoms with Crippen LogP contribution in [0, 0.1) is 0 Å². The molecule has 0 radical (unpaired) electrons. The van der Waals surface area contributed by atoms with Crippen LogP contribution in [0.5, 0.6) is 0 Å². The van der Waals surface area contributed by atoms with E-state index in [4.69, 9.17) is 4.42 Å². The smallest absolute Gasteiger partial charge is 0.406 e. The fourth-order valence-corrected chi connectivity index (χ4v) is 2.36. The Bertz CT molecular complexity index is 603. The molecule has 1 aromatic heterocycles. The molecule has 0 fully saturated rings. The Morgan fingerprint density at radius 1 is 1.40 bits per heavy atom. The van der Waals surface area contributed by atoms with Crippen molar-refractivity contribution in [1.82, 2.24) is 4.98 Å². The quantitative estimate of drug-likeness (QED) is 0.650. The van der Waals surface area contributed by atoms with Gasteiger partial charge in [-0.3, -0.25) is 4.98 Å². The first-order valence-corrected chi connectivity index (χ1v) is 7.00. The van der Waals surface area contributed by atoms with Gasteiger partial charge in [-0.2, -0.15) is 5.06 Å². The number of nitrogens with one attached hydrogen (secondary N) is 2. The number of quaternary nitrogens is 1. The summed E-state index contributed by atoms with van der Waals surface area (Å²) in [5, 5.41) is 9.73. The lowest BCUT2D eigenvalue weighted by molar-refractivity contribution is -1.07. The van der Waals surface area contributed by atoms with E-state index in [1.807, 2.05) is 18.2 Å². The molecule has 0 aliphatic carbocycles. The summed E-state index contributed by atoms with van der Waals surface area (Å²) in [5.41, 5.74) is 2.26. The number of oxazole rings is 1. The first-order chi connectivity index (χ1) is 9.61. The van der Waals surface area contributed by atoms with Crippen LogP contribution in [-0.4, -0.2) is 36.9 Å². The van der Waals surface area contributed by atoms with Crippen LogP contribution < -0.4 is 15.7 Å². The Balaban J connectivity index is 2.24. The van der Waals surface area contributed by atoms with E-state index in [1.165, 1.54) is 0 Å². The first-order valence-electron chi connectivity index (χ1n) is 7.00. The molecule has 1 aromatic carbocycles. The van der Waals surface area contributed by atoms with Crippen LogP contribution in [0.3, 0.4) is 0 Å². The van der Waals surface area contributed by atoms with Crippen LogP contribution in [0.15, 0.2) is 27.4 Å². The lowest BCUT2D eigenvalue weighted by Gasteiger charge is -2.24. The SMILES string of the molecule is CCCN(CCC[NH+](C)O)c1cccc2[nH]c(=O)oc12. The molecule has 6 nitrogen and oxygen atoms in total. The van der Waals surface area contributed by atoms with Gasteiger partial charge in [-0.15, -0.1) is 0 Å². The van der Waals surface area contributed by atoms with E-state index in [2.05, 4.69) is 16.8 Å². The van der Waals surface area contributed by atoms with Gasteiger partial charge >= 0.3 is 5.76 Å². The van der Waals surface area contributed by atoms with Crippen LogP contribution in [0.25, 0.3) is 11.1 Å². The molecule has 0 saturated carbocycles. The third-order valence-corrected chi connectivity index (χ3v) is 3.23. The lowest BCUT2D eigenvalue weighted by atomic mass is 10.2. The minimum absolute atomic E-state index is 0.427. The van der Waals surface area contributed by atoms with Crippen molar-refractivity contribution in [3.8, 4) is 0 Å². The largest absolute Gasteiger partial charge is 0.417 e. The number of rotatable bonds is 7. The van der Waals surface area contributed by atoms with Crippen molar-refractivity contribution in [1.29, 1.82) is 0 Å². The van der Waals surface area contributed by atoms with Crippen molar-refractivity contribution in [3.05, 3.63) is 28.7 Å². The van der Waals surface area contributed by atoms with Crippen molar-refractivity contribution >= 4 is 16.8 Å². The maximum Gasteiger partial charge on any atom is 0.417 e. The summed E-state index contributed by atoms with van der Waals surface area (Å²) < 4.78 is 5.25. The molecule has 3 N–H and O–H groups in total. The highest BCUT2D eigenvalue weighted by Gasteiger charge is 2.13. The summed E-state index contributed by atoms with van der Waals surface area (Å²) in [4.78, 5) is 16.2. The van der Waals surface area contributed by atoms with Gasteiger partial charge in [0.25, 0.3) is 0 Å². The van der Waals surface area contributed by atoms with Gasteiger partial charge in [0.05, 0.1) is 18.3 Å². The van der Waals surface area contributed by atoms with Gasteiger partial charge in [0, 0.05) is 19.5 Å². The fraction of sp³-hybridized carbons (Fsp3) is 0.500. The third kappa shape index (κ3) is 3.40. The second kappa shape index (κ2) is 6.58. The molecular weight excluding hydrogens is 258 g/mol. The number of hydrogen-bond donors (Lipinski definition) is 3. The van der Waals surface area contributed by atoms with Crippen molar-refractivity contribution in [3.63, 3.8) is 0 Å². The number of hydroxylamine groups is 2. The minimum Gasteiger partial charge on any atom is -0.406 e. The highest BCUT2D eigenvalue weighted by molar-refractivity contribution is 5.86. The summed E-state index contributed by atoms with van der Waals surface area (Å²) >= 11 is 0. The zero-order valence-corrected chi connectivity index (χ0v) is 12.0. The van der Waals surface area contributed by atoms with Crippen LogP contribution in [-0.2, 0) is 0 Å². The van der Waals surface area contributed by atoms with Crippen LogP contribution >= 0.6 is 0 Å². The number of nitrogens with zero attached hydrogens (tertiary/aromatic N) is 1. The molecule has 20 heavy (non-hydrogen) atoms. The van der Waals surface area contributed by atoms with Crippen LogP contribution in [0.1, 0.15) is 19.8 Å². The van der Waals surface area contributed by atoms with E-state index < -0.39 is 5.76 Å². The zero-order chi connectivity index (χ0) is 14.5. The Hall–Kier alpha value is -1.79. The number of benzene rings is 1. The molecule has 1 unspecified atom stereocenters. The van der Waals surface area contributed by atoms with Gasteiger partial charge in [0.1, 0.15) is 6.54 Å². The highest BCUT2D eigenvalue weighted by Crippen LogP contribution is 2.25. The molecule has 0 saturated heterocycles. The van der Waals surface area contributed by atoms with Crippen molar-refractivity contribution < 1.29 is 14.7 Å². The normalized spacial score (nSPS) is 12.8. The molecule has 110 valence electrons. The average Bonchev–Trinajstić information content (AvgIpc) is 2.77. The van der Waals surface area contributed by atoms with E-state index in [9.17, 15) is 10.0 Å². The molecule has 6 heteroatoms. The monoisotopic (exact) mass is 280 g/mol. The second-order valence-corrected chi connectivity index (χ2v) is 4.99. The van der Waals surface area contributed by atoms with Gasteiger partial charge < -0.3 is 9.32 Å².